The van der Waals surface area contributed by atoms with Gasteiger partial charge in [-0.3, -0.25) is 4.84 Å². The fourth-order valence-corrected chi connectivity index (χ4v) is 1.87. The second kappa shape index (κ2) is 4.64. The minimum atomic E-state index is 0.203. The molecule has 1 aromatic carbocycles. The van der Waals surface area contributed by atoms with Gasteiger partial charge in [0.25, 0.3) is 0 Å². The largest absolute Gasteiger partial charge is 0.497 e. The molecular formula is C12H17NO2. The van der Waals surface area contributed by atoms with Crippen molar-refractivity contribution in [1.29, 1.82) is 0 Å². The van der Waals surface area contributed by atoms with Gasteiger partial charge in [-0.15, -0.1) is 0 Å². The molecule has 0 spiro atoms. The van der Waals surface area contributed by atoms with Crippen LogP contribution in [0.4, 0.5) is 0 Å². The number of hydrogen-bond acceptors (Lipinski definition) is 3. The summed E-state index contributed by atoms with van der Waals surface area (Å²) in [6, 6.07) is 8.10. The van der Waals surface area contributed by atoms with Crippen LogP contribution in [-0.4, -0.2) is 25.8 Å². The maximum atomic E-state index is 5.74. The fraction of sp³-hybridized carbons (Fsp3) is 0.500. The Labute approximate surface area is 90.6 Å². The van der Waals surface area contributed by atoms with Gasteiger partial charge in [0, 0.05) is 13.6 Å². The van der Waals surface area contributed by atoms with Gasteiger partial charge in [-0.1, -0.05) is 12.1 Å². The Kier molecular flexibility index (Phi) is 3.23. The lowest BCUT2D eigenvalue weighted by Crippen LogP contribution is -2.28. The number of hydrogen-bond donors (Lipinski definition) is 0. The molecule has 1 saturated heterocycles. The molecule has 1 heterocycles. The molecule has 1 atom stereocenters. The molecule has 3 nitrogen and oxygen atoms in total. The summed E-state index contributed by atoms with van der Waals surface area (Å²) in [6.07, 6.45) is 2.48. The number of hydroxylamine groups is 2. The summed E-state index contributed by atoms with van der Waals surface area (Å²) in [4.78, 5) is 5.74. The molecule has 0 radical (unpaired) electrons. The Morgan fingerprint density at radius 3 is 2.67 bits per heavy atom. The van der Waals surface area contributed by atoms with E-state index in [1.807, 2.05) is 24.2 Å². The van der Waals surface area contributed by atoms with Crippen LogP contribution in [0.1, 0.15) is 24.5 Å². The van der Waals surface area contributed by atoms with Crippen molar-refractivity contribution in [2.24, 2.45) is 0 Å². The lowest BCUT2D eigenvalue weighted by atomic mass is 10.0. The van der Waals surface area contributed by atoms with Crippen LogP contribution in [0.15, 0.2) is 24.3 Å². The molecule has 1 fully saturated rings. The first-order valence-corrected chi connectivity index (χ1v) is 5.31. The van der Waals surface area contributed by atoms with Gasteiger partial charge in [0.15, 0.2) is 0 Å². The Morgan fingerprint density at radius 2 is 2.07 bits per heavy atom. The SMILES string of the molecule is COc1ccc(C2CCCN(C)O2)cc1. The van der Waals surface area contributed by atoms with Crippen molar-refractivity contribution >= 4 is 0 Å². The predicted octanol–water partition coefficient (Wildman–Crippen LogP) is 2.39. The summed E-state index contributed by atoms with van der Waals surface area (Å²) in [7, 11) is 3.66. The second-order valence-corrected chi connectivity index (χ2v) is 3.86. The molecule has 0 bridgehead atoms. The maximum Gasteiger partial charge on any atom is 0.118 e. The normalized spacial score (nSPS) is 22.7. The second-order valence-electron chi connectivity index (χ2n) is 3.86. The highest BCUT2D eigenvalue weighted by Crippen LogP contribution is 2.28. The van der Waals surface area contributed by atoms with Crippen LogP contribution in [0.3, 0.4) is 0 Å². The van der Waals surface area contributed by atoms with Gasteiger partial charge in [0.05, 0.1) is 7.11 Å². The highest BCUT2D eigenvalue weighted by atomic mass is 16.7. The molecule has 0 saturated carbocycles. The summed E-state index contributed by atoms with van der Waals surface area (Å²) in [5.41, 5.74) is 1.22. The molecule has 0 aliphatic carbocycles. The Balaban J connectivity index is 2.07. The van der Waals surface area contributed by atoms with E-state index < -0.39 is 0 Å². The summed E-state index contributed by atoms with van der Waals surface area (Å²) < 4.78 is 5.13. The fourth-order valence-electron chi connectivity index (χ4n) is 1.87. The zero-order valence-electron chi connectivity index (χ0n) is 9.27. The highest BCUT2D eigenvalue weighted by Gasteiger charge is 2.19. The summed E-state index contributed by atoms with van der Waals surface area (Å²) in [5, 5.41) is 1.92. The minimum Gasteiger partial charge on any atom is -0.497 e. The molecule has 2 rings (SSSR count). The van der Waals surface area contributed by atoms with E-state index in [0.717, 1.165) is 18.7 Å². The van der Waals surface area contributed by atoms with Crippen molar-refractivity contribution < 1.29 is 9.57 Å². The Morgan fingerprint density at radius 1 is 1.33 bits per heavy atom. The quantitative estimate of drug-likeness (QED) is 0.743. The van der Waals surface area contributed by atoms with Gasteiger partial charge in [-0.25, -0.2) is 0 Å². The van der Waals surface area contributed by atoms with Crippen LogP contribution in [0.5, 0.6) is 5.75 Å². The van der Waals surface area contributed by atoms with Gasteiger partial charge in [0.2, 0.25) is 0 Å². The Hall–Kier alpha value is -1.06. The lowest BCUT2D eigenvalue weighted by molar-refractivity contribution is -0.208. The van der Waals surface area contributed by atoms with Crippen LogP contribution in [0, 0.1) is 0 Å². The van der Waals surface area contributed by atoms with E-state index in [1.165, 1.54) is 12.0 Å². The summed E-state index contributed by atoms with van der Waals surface area (Å²) >= 11 is 0. The minimum absolute atomic E-state index is 0.203. The monoisotopic (exact) mass is 207 g/mol. The molecule has 0 amide bonds. The van der Waals surface area contributed by atoms with E-state index in [-0.39, 0.29) is 6.10 Å². The van der Waals surface area contributed by atoms with E-state index in [9.17, 15) is 0 Å². The zero-order chi connectivity index (χ0) is 10.7. The number of nitrogens with zero attached hydrogens (tertiary/aromatic N) is 1. The molecule has 0 N–H and O–H groups in total. The van der Waals surface area contributed by atoms with Gasteiger partial charge < -0.3 is 4.74 Å². The standard InChI is InChI=1S/C12H17NO2/c1-13-9-3-4-12(15-13)10-5-7-11(14-2)8-6-10/h5-8,12H,3-4,9H2,1-2H3. The van der Waals surface area contributed by atoms with Crippen molar-refractivity contribution in [1.82, 2.24) is 5.06 Å². The molecule has 15 heavy (non-hydrogen) atoms. The Bertz CT molecular complexity index is 310. The number of rotatable bonds is 2. The molecule has 3 heteroatoms. The van der Waals surface area contributed by atoms with Crippen LogP contribution in [0.25, 0.3) is 0 Å². The first-order chi connectivity index (χ1) is 7.29. The predicted molar refractivity (Wildman–Crippen MR) is 58.7 cm³/mol. The molecule has 1 aliphatic heterocycles. The third kappa shape index (κ3) is 2.49. The topological polar surface area (TPSA) is 21.7 Å². The van der Waals surface area contributed by atoms with Crippen molar-refractivity contribution in [3.05, 3.63) is 29.8 Å². The lowest BCUT2D eigenvalue weighted by Gasteiger charge is -2.29. The van der Waals surface area contributed by atoms with E-state index in [1.54, 1.807) is 7.11 Å². The van der Waals surface area contributed by atoms with Crippen molar-refractivity contribution in [3.63, 3.8) is 0 Å². The van der Waals surface area contributed by atoms with Crippen LogP contribution in [-0.2, 0) is 4.84 Å². The van der Waals surface area contributed by atoms with Crippen molar-refractivity contribution in [3.8, 4) is 5.75 Å². The van der Waals surface area contributed by atoms with Crippen LogP contribution in [0.2, 0.25) is 0 Å². The van der Waals surface area contributed by atoms with Crippen molar-refractivity contribution in [2.45, 2.75) is 18.9 Å². The smallest absolute Gasteiger partial charge is 0.118 e. The van der Waals surface area contributed by atoms with Gasteiger partial charge >= 0.3 is 0 Å². The van der Waals surface area contributed by atoms with Crippen molar-refractivity contribution in [2.75, 3.05) is 20.7 Å². The summed E-state index contributed by atoms with van der Waals surface area (Å²) in [6.45, 7) is 1.02. The third-order valence-corrected chi connectivity index (χ3v) is 2.73. The van der Waals surface area contributed by atoms with E-state index in [2.05, 4.69) is 12.1 Å². The average Bonchev–Trinajstić information content (AvgIpc) is 2.29. The number of methoxy groups -OCH3 is 1. The van der Waals surface area contributed by atoms with Gasteiger partial charge in [0.1, 0.15) is 11.9 Å². The van der Waals surface area contributed by atoms with Gasteiger partial charge in [-0.2, -0.15) is 5.06 Å². The highest BCUT2D eigenvalue weighted by molar-refractivity contribution is 5.28. The molecule has 0 aromatic heterocycles. The number of benzene rings is 1. The molecule has 1 unspecified atom stereocenters. The first-order valence-electron chi connectivity index (χ1n) is 5.31. The number of ether oxygens (including phenoxy) is 1. The van der Waals surface area contributed by atoms with E-state index in [4.69, 9.17) is 9.57 Å². The molecular weight excluding hydrogens is 190 g/mol. The zero-order valence-corrected chi connectivity index (χ0v) is 9.27. The summed E-state index contributed by atoms with van der Waals surface area (Å²) in [5.74, 6) is 0.892. The average molecular weight is 207 g/mol. The third-order valence-electron chi connectivity index (χ3n) is 2.73. The van der Waals surface area contributed by atoms with Crippen LogP contribution < -0.4 is 4.74 Å². The first kappa shape index (κ1) is 10.5. The van der Waals surface area contributed by atoms with Gasteiger partial charge in [-0.05, 0) is 30.5 Å². The van der Waals surface area contributed by atoms with Crippen LogP contribution >= 0.6 is 0 Å². The molecule has 1 aliphatic rings. The maximum absolute atomic E-state index is 5.74. The van der Waals surface area contributed by atoms with E-state index >= 15 is 0 Å². The molecule has 1 aromatic rings. The van der Waals surface area contributed by atoms with E-state index in [0.29, 0.717) is 0 Å². The molecule has 82 valence electrons.